The molecule has 4 rings (SSSR count). The Morgan fingerprint density at radius 1 is 0.769 bits per heavy atom. The van der Waals surface area contributed by atoms with Crippen LogP contribution in [0.4, 0.5) is 5.82 Å². The van der Waals surface area contributed by atoms with Crippen molar-refractivity contribution in [3.63, 3.8) is 0 Å². The largest absolute Gasteiger partial charge is 0.439 e. The molecular formula is C21H15N3O2. The Kier molecular flexibility index (Phi) is 4.26. The molecule has 2 aromatic heterocycles. The van der Waals surface area contributed by atoms with Crippen LogP contribution in [0.5, 0.6) is 11.6 Å². The van der Waals surface area contributed by atoms with Crippen molar-refractivity contribution < 1.29 is 9.53 Å². The van der Waals surface area contributed by atoms with Gasteiger partial charge in [0, 0.05) is 17.0 Å². The fourth-order valence-electron chi connectivity index (χ4n) is 2.50. The van der Waals surface area contributed by atoms with Crippen molar-refractivity contribution in [1.82, 2.24) is 9.97 Å². The second-order valence-electron chi connectivity index (χ2n) is 5.63. The Balaban J connectivity index is 1.58. The minimum Gasteiger partial charge on any atom is -0.439 e. The summed E-state index contributed by atoms with van der Waals surface area (Å²) >= 11 is 0. The first-order valence-corrected chi connectivity index (χ1v) is 8.15. The van der Waals surface area contributed by atoms with Crippen molar-refractivity contribution in [3.8, 4) is 11.6 Å². The molecule has 1 N–H and O–H groups in total. The monoisotopic (exact) mass is 341 g/mol. The summed E-state index contributed by atoms with van der Waals surface area (Å²) in [4.78, 5) is 21.1. The number of carbonyl (C=O) groups is 1. The molecule has 0 bridgehead atoms. The minimum atomic E-state index is -0.214. The van der Waals surface area contributed by atoms with Gasteiger partial charge in [-0.3, -0.25) is 4.79 Å². The van der Waals surface area contributed by atoms with E-state index in [0.29, 0.717) is 28.7 Å². The number of hydrogen-bond acceptors (Lipinski definition) is 4. The third-order valence-corrected chi connectivity index (χ3v) is 3.77. The standard InChI is InChI=1S/C21H15N3O2/c25-21(16-7-3-1-4-8-16)23-18-13-11-15-12-14-19(24-20(15)22-18)26-17-9-5-2-6-10-17/h1-14H,(H,22,23,24,25). The Hall–Kier alpha value is -3.73. The highest BCUT2D eigenvalue weighted by Gasteiger charge is 2.08. The van der Waals surface area contributed by atoms with E-state index in [2.05, 4.69) is 15.3 Å². The maximum Gasteiger partial charge on any atom is 0.256 e. The molecule has 0 aliphatic carbocycles. The predicted octanol–water partition coefficient (Wildman–Crippen LogP) is 4.67. The van der Waals surface area contributed by atoms with Gasteiger partial charge in [-0.25, -0.2) is 4.98 Å². The maximum atomic E-state index is 12.3. The van der Waals surface area contributed by atoms with Crippen LogP contribution in [0.15, 0.2) is 84.9 Å². The average molecular weight is 341 g/mol. The van der Waals surface area contributed by atoms with Gasteiger partial charge in [0.15, 0.2) is 5.65 Å². The molecule has 0 spiro atoms. The molecule has 5 heteroatoms. The topological polar surface area (TPSA) is 64.1 Å². The summed E-state index contributed by atoms with van der Waals surface area (Å²) in [5.41, 5.74) is 1.08. The second kappa shape index (κ2) is 7.03. The number of ether oxygens (including phenoxy) is 1. The Bertz CT molecular complexity index is 1050. The van der Waals surface area contributed by atoms with Crippen LogP contribution in [0, 0.1) is 0 Å². The number of nitrogens with one attached hydrogen (secondary N) is 1. The number of amides is 1. The number of fused-ring (bicyclic) bond motifs is 1. The highest BCUT2D eigenvalue weighted by Crippen LogP contribution is 2.22. The van der Waals surface area contributed by atoms with Gasteiger partial charge in [0.25, 0.3) is 5.91 Å². The lowest BCUT2D eigenvalue weighted by atomic mass is 10.2. The van der Waals surface area contributed by atoms with Crippen LogP contribution in [-0.2, 0) is 0 Å². The number of nitrogens with zero attached hydrogens (tertiary/aromatic N) is 2. The van der Waals surface area contributed by atoms with Gasteiger partial charge < -0.3 is 10.1 Å². The first-order valence-electron chi connectivity index (χ1n) is 8.15. The van der Waals surface area contributed by atoms with Gasteiger partial charge in [-0.15, -0.1) is 0 Å². The molecule has 0 atom stereocenters. The molecule has 4 aromatic rings. The van der Waals surface area contributed by atoms with E-state index in [1.165, 1.54) is 0 Å². The Morgan fingerprint density at radius 2 is 1.46 bits per heavy atom. The van der Waals surface area contributed by atoms with Gasteiger partial charge in [-0.05, 0) is 42.5 Å². The second-order valence-corrected chi connectivity index (χ2v) is 5.63. The number of aromatic nitrogens is 2. The van der Waals surface area contributed by atoms with Crippen molar-refractivity contribution in [2.45, 2.75) is 0 Å². The van der Waals surface area contributed by atoms with Crippen molar-refractivity contribution in [1.29, 1.82) is 0 Å². The number of anilines is 1. The molecule has 0 saturated heterocycles. The van der Waals surface area contributed by atoms with E-state index >= 15 is 0 Å². The lowest BCUT2D eigenvalue weighted by Gasteiger charge is -2.07. The van der Waals surface area contributed by atoms with E-state index in [1.807, 2.05) is 60.7 Å². The highest BCUT2D eigenvalue weighted by molar-refractivity contribution is 6.04. The summed E-state index contributed by atoms with van der Waals surface area (Å²) in [6.07, 6.45) is 0. The van der Waals surface area contributed by atoms with Gasteiger partial charge in [-0.2, -0.15) is 4.98 Å². The van der Waals surface area contributed by atoms with Gasteiger partial charge >= 0.3 is 0 Å². The SMILES string of the molecule is O=C(Nc1ccc2ccc(Oc3ccccc3)nc2n1)c1ccccc1. The van der Waals surface area contributed by atoms with E-state index < -0.39 is 0 Å². The number of hydrogen-bond donors (Lipinski definition) is 1. The number of para-hydroxylation sites is 1. The summed E-state index contributed by atoms with van der Waals surface area (Å²) in [6, 6.07) is 25.7. The fourth-order valence-corrected chi connectivity index (χ4v) is 2.50. The molecule has 1 amide bonds. The van der Waals surface area contributed by atoms with Crippen LogP contribution in [0.2, 0.25) is 0 Å². The fraction of sp³-hybridized carbons (Fsp3) is 0. The third kappa shape index (κ3) is 3.52. The van der Waals surface area contributed by atoms with E-state index in [0.717, 1.165) is 5.39 Å². The summed E-state index contributed by atoms with van der Waals surface area (Å²) in [5, 5.41) is 3.65. The van der Waals surface area contributed by atoms with Crippen LogP contribution in [-0.4, -0.2) is 15.9 Å². The first kappa shape index (κ1) is 15.8. The molecule has 0 aliphatic heterocycles. The van der Waals surface area contributed by atoms with Gasteiger partial charge in [0.05, 0.1) is 0 Å². The average Bonchev–Trinajstić information content (AvgIpc) is 2.69. The predicted molar refractivity (Wildman–Crippen MR) is 100 cm³/mol. The van der Waals surface area contributed by atoms with Crippen molar-refractivity contribution >= 4 is 22.8 Å². The van der Waals surface area contributed by atoms with Crippen molar-refractivity contribution in [3.05, 3.63) is 90.5 Å². The summed E-state index contributed by atoms with van der Waals surface area (Å²) in [6.45, 7) is 0. The van der Waals surface area contributed by atoms with E-state index in [4.69, 9.17) is 4.74 Å². The van der Waals surface area contributed by atoms with E-state index in [9.17, 15) is 4.79 Å². The zero-order valence-electron chi connectivity index (χ0n) is 13.8. The van der Waals surface area contributed by atoms with Gasteiger partial charge in [-0.1, -0.05) is 36.4 Å². The Morgan fingerprint density at radius 3 is 2.23 bits per heavy atom. The number of benzene rings is 2. The molecule has 126 valence electrons. The molecule has 2 heterocycles. The van der Waals surface area contributed by atoms with Crippen LogP contribution in [0.25, 0.3) is 11.0 Å². The molecule has 0 saturated carbocycles. The highest BCUT2D eigenvalue weighted by atomic mass is 16.5. The quantitative estimate of drug-likeness (QED) is 0.586. The molecule has 5 nitrogen and oxygen atoms in total. The summed E-state index contributed by atoms with van der Waals surface area (Å²) in [5.74, 6) is 1.38. The van der Waals surface area contributed by atoms with Crippen LogP contribution in [0.3, 0.4) is 0 Å². The van der Waals surface area contributed by atoms with Crippen LogP contribution in [0.1, 0.15) is 10.4 Å². The lowest BCUT2D eigenvalue weighted by Crippen LogP contribution is -2.12. The third-order valence-electron chi connectivity index (χ3n) is 3.77. The molecule has 2 aromatic carbocycles. The van der Waals surface area contributed by atoms with Gasteiger partial charge in [0.1, 0.15) is 11.6 Å². The van der Waals surface area contributed by atoms with Gasteiger partial charge in [0.2, 0.25) is 5.88 Å². The number of rotatable bonds is 4. The zero-order valence-corrected chi connectivity index (χ0v) is 13.8. The minimum absolute atomic E-state index is 0.214. The first-order chi connectivity index (χ1) is 12.8. The number of pyridine rings is 2. The molecule has 0 aliphatic rings. The molecular weight excluding hydrogens is 326 g/mol. The molecule has 0 unspecified atom stereocenters. The molecule has 0 radical (unpaired) electrons. The van der Waals surface area contributed by atoms with Crippen LogP contribution >= 0.6 is 0 Å². The molecule has 26 heavy (non-hydrogen) atoms. The normalized spacial score (nSPS) is 10.5. The van der Waals surface area contributed by atoms with Crippen molar-refractivity contribution in [2.24, 2.45) is 0 Å². The van der Waals surface area contributed by atoms with Crippen LogP contribution < -0.4 is 10.1 Å². The van der Waals surface area contributed by atoms with Crippen molar-refractivity contribution in [2.75, 3.05) is 5.32 Å². The lowest BCUT2D eigenvalue weighted by molar-refractivity contribution is 0.102. The smallest absolute Gasteiger partial charge is 0.256 e. The molecule has 0 fully saturated rings. The summed E-state index contributed by atoms with van der Waals surface area (Å²) in [7, 11) is 0. The Labute approximate surface area is 150 Å². The van der Waals surface area contributed by atoms with E-state index in [1.54, 1.807) is 24.3 Å². The zero-order chi connectivity index (χ0) is 17.8. The summed E-state index contributed by atoms with van der Waals surface area (Å²) < 4.78 is 5.74. The van der Waals surface area contributed by atoms with E-state index in [-0.39, 0.29) is 5.91 Å². The number of carbonyl (C=O) groups excluding carboxylic acids is 1. The maximum absolute atomic E-state index is 12.3.